The number of urea groups is 1. The Hall–Kier alpha value is -3.20. The number of imide groups is 1. The van der Waals surface area contributed by atoms with Crippen molar-refractivity contribution in [1.82, 2.24) is 15.8 Å². The lowest BCUT2D eigenvalue weighted by molar-refractivity contribution is -0.132. The number of amides is 3. The Bertz CT molecular complexity index is 951. The predicted octanol–water partition coefficient (Wildman–Crippen LogP) is 2.81. The van der Waals surface area contributed by atoms with Gasteiger partial charge in [0.2, 0.25) is 0 Å². The number of carbonyl (C=O) groups excluding carboxylic acids is 2. The van der Waals surface area contributed by atoms with Crippen LogP contribution in [0.25, 0.3) is 0 Å². The monoisotopic (exact) mass is 402 g/mol. The molecule has 146 valence electrons. The molecule has 0 saturated carbocycles. The Balaban J connectivity index is 1.73. The Kier molecular flexibility index (Phi) is 5.19. The van der Waals surface area contributed by atoms with E-state index < -0.39 is 23.3 Å². The highest BCUT2D eigenvalue weighted by Crippen LogP contribution is 2.29. The van der Waals surface area contributed by atoms with Gasteiger partial charge in [-0.2, -0.15) is 5.01 Å². The van der Waals surface area contributed by atoms with Crippen molar-refractivity contribution >= 4 is 35.0 Å². The van der Waals surface area contributed by atoms with E-state index in [2.05, 4.69) is 16.1 Å². The zero-order chi connectivity index (χ0) is 20.5. The van der Waals surface area contributed by atoms with Crippen molar-refractivity contribution in [2.45, 2.75) is 19.4 Å². The van der Waals surface area contributed by atoms with Crippen LogP contribution >= 0.6 is 12.2 Å². The van der Waals surface area contributed by atoms with Crippen LogP contribution in [-0.2, 0) is 10.3 Å². The third-order valence-electron chi connectivity index (χ3n) is 4.50. The van der Waals surface area contributed by atoms with Gasteiger partial charge in [-0.3, -0.25) is 10.2 Å². The van der Waals surface area contributed by atoms with Crippen molar-refractivity contribution in [2.75, 3.05) is 12.4 Å². The van der Waals surface area contributed by atoms with Crippen LogP contribution in [0, 0.1) is 12.7 Å². The molecule has 0 spiro atoms. The van der Waals surface area contributed by atoms with Crippen molar-refractivity contribution < 1.29 is 18.7 Å². The van der Waals surface area contributed by atoms with Gasteiger partial charge in [0.1, 0.15) is 17.1 Å². The fourth-order valence-electron chi connectivity index (χ4n) is 2.79. The lowest BCUT2D eigenvalue weighted by Crippen LogP contribution is -2.49. The van der Waals surface area contributed by atoms with E-state index in [0.717, 1.165) is 5.01 Å². The van der Waals surface area contributed by atoms with Crippen LogP contribution in [0.2, 0.25) is 0 Å². The van der Waals surface area contributed by atoms with Gasteiger partial charge in [0.15, 0.2) is 5.11 Å². The van der Waals surface area contributed by atoms with E-state index >= 15 is 0 Å². The first-order valence-corrected chi connectivity index (χ1v) is 8.80. The molecule has 0 radical (unpaired) electrons. The SMILES string of the molecule is COc1ccc([C@]2(C)NC(=O)N(NC(=S)Nc3ccc(C)c(F)c3)C2=O)cc1. The summed E-state index contributed by atoms with van der Waals surface area (Å²) in [6, 6.07) is 10.7. The van der Waals surface area contributed by atoms with Crippen LogP contribution < -0.4 is 20.8 Å². The van der Waals surface area contributed by atoms with E-state index in [1.807, 2.05) is 0 Å². The summed E-state index contributed by atoms with van der Waals surface area (Å²) in [5.74, 6) is -0.286. The van der Waals surface area contributed by atoms with Crippen molar-refractivity contribution in [1.29, 1.82) is 0 Å². The van der Waals surface area contributed by atoms with Crippen molar-refractivity contribution in [3.05, 3.63) is 59.4 Å². The topological polar surface area (TPSA) is 82.7 Å². The number of methoxy groups -OCH3 is 1. The quantitative estimate of drug-likeness (QED) is 0.539. The molecular formula is C19H19FN4O3S. The van der Waals surface area contributed by atoms with Crippen LogP contribution in [0.3, 0.4) is 0 Å². The summed E-state index contributed by atoms with van der Waals surface area (Å²) >= 11 is 5.14. The van der Waals surface area contributed by atoms with Crippen LogP contribution in [0.1, 0.15) is 18.1 Å². The van der Waals surface area contributed by atoms with Gasteiger partial charge < -0.3 is 15.4 Å². The fourth-order valence-corrected chi connectivity index (χ4v) is 3.00. The van der Waals surface area contributed by atoms with Gasteiger partial charge in [0.05, 0.1) is 7.11 Å². The number of rotatable bonds is 4. The number of carbonyl (C=O) groups is 2. The molecule has 2 aromatic rings. The summed E-state index contributed by atoms with van der Waals surface area (Å²) in [7, 11) is 1.54. The number of hydrogen-bond donors (Lipinski definition) is 3. The Morgan fingerprint density at radius 2 is 1.89 bits per heavy atom. The van der Waals surface area contributed by atoms with Crippen LogP contribution in [0.5, 0.6) is 5.75 Å². The zero-order valence-corrected chi connectivity index (χ0v) is 16.3. The highest BCUT2D eigenvalue weighted by molar-refractivity contribution is 7.80. The maximum absolute atomic E-state index is 13.7. The third kappa shape index (κ3) is 3.61. The molecule has 9 heteroatoms. The van der Waals surface area contributed by atoms with Crippen molar-refractivity contribution in [3.63, 3.8) is 0 Å². The molecule has 2 aromatic carbocycles. The minimum absolute atomic E-state index is 0.0225. The molecule has 0 aliphatic carbocycles. The average molecular weight is 402 g/mol. The second-order valence-electron chi connectivity index (χ2n) is 6.45. The Labute approximate surface area is 166 Å². The smallest absolute Gasteiger partial charge is 0.344 e. The van der Waals surface area contributed by atoms with Gasteiger partial charge >= 0.3 is 6.03 Å². The van der Waals surface area contributed by atoms with E-state index in [4.69, 9.17) is 17.0 Å². The van der Waals surface area contributed by atoms with Crippen LogP contribution in [-0.4, -0.2) is 29.2 Å². The minimum atomic E-state index is -1.26. The fraction of sp³-hybridized carbons (Fsp3) is 0.211. The molecular weight excluding hydrogens is 383 g/mol. The molecule has 7 nitrogen and oxygen atoms in total. The van der Waals surface area contributed by atoms with Gasteiger partial charge in [0, 0.05) is 5.69 Å². The Morgan fingerprint density at radius 3 is 2.50 bits per heavy atom. The first-order valence-electron chi connectivity index (χ1n) is 8.39. The predicted molar refractivity (Wildman–Crippen MR) is 106 cm³/mol. The molecule has 3 rings (SSSR count). The molecule has 1 heterocycles. The maximum Gasteiger partial charge on any atom is 0.344 e. The minimum Gasteiger partial charge on any atom is -0.497 e. The summed E-state index contributed by atoms with van der Waals surface area (Å²) in [5.41, 5.74) is 2.77. The van der Waals surface area contributed by atoms with Gasteiger partial charge in [-0.15, -0.1) is 0 Å². The summed E-state index contributed by atoms with van der Waals surface area (Å²) in [6.07, 6.45) is 0. The number of hydrazine groups is 1. The van der Waals surface area contributed by atoms with E-state index in [9.17, 15) is 14.0 Å². The van der Waals surface area contributed by atoms with E-state index in [0.29, 0.717) is 22.6 Å². The van der Waals surface area contributed by atoms with E-state index in [-0.39, 0.29) is 5.11 Å². The molecule has 0 unspecified atom stereocenters. The highest BCUT2D eigenvalue weighted by Gasteiger charge is 2.49. The number of aryl methyl sites for hydroxylation is 1. The maximum atomic E-state index is 13.7. The largest absolute Gasteiger partial charge is 0.497 e. The van der Waals surface area contributed by atoms with E-state index in [1.165, 1.54) is 6.07 Å². The number of ether oxygens (including phenoxy) is 1. The lowest BCUT2D eigenvalue weighted by atomic mass is 9.92. The molecule has 1 saturated heterocycles. The first kappa shape index (κ1) is 19.6. The van der Waals surface area contributed by atoms with Gasteiger partial charge in [-0.1, -0.05) is 18.2 Å². The van der Waals surface area contributed by atoms with Crippen LogP contribution in [0.15, 0.2) is 42.5 Å². The van der Waals surface area contributed by atoms with Crippen molar-refractivity contribution in [3.8, 4) is 5.75 Å². The number of hydrogen-bond acceptors (Lipinski definition) is 4. The molecule has 1 fully saturated rings. The second kappa shape index (κ2) is 7.43. The summed E-state index contributed by atoms with van der Waals surface area (Å²) in [5, 5.41) is 6.18. The molecule has 0 aromatic heterocycles. The normalized spacial score (nSPS) is 18.6. The highest BCUT2D eigenvalue weighted by atomic mass is 32.1. The number of nitrogens with one attached hydrogen (secondary N) is 3. The summed E-state index contributed by atoms with van der Waals surface area (Å²) in [4.78, 5) is 25.2. The van der Waals surface area contributed by atoms with E-state index in [1.54, 1.807) is 57.4 Å². The second-order valence-corrected chi connectivity index (χ2v) is 6.86. The van der Waals surface area contributed by atoms with Crippen molar-refractivity contribution in [2.24, 2.45) is 0 Å². The molecule has 28 heavy (non-hydrogen) atoms. The molecule has 1 aliphatic heterocycles. The third-order valence-corrected chi connectivity index (χ3v) is 4.69. The number of thiocarbonyl (C=S) groups is 1. The number of benzene rings is 2. The molecule has 3 N–H and O–H groups in total. The zero-order valence-electron chi connectivity index (χ0n) is 15.5. The van der Waals surface area contributed by atoms with Gasteiger partial charge in [-0.25, -0.2) is 9.18 Å². The standard InChI is InChI=1S/C19H19FN4O3S/c1-11-4-7-13(10-15(11)20)21-17(28)23-24-16(25)19(2,22-18(24)26)12-5-8-14(27-3)9-6-12/h4-10H,1-3H3,(H,22,26)(H2,21,23,28)/t19-/m0/s1. The number of anilines is 1. The first-order chi connectivity index (χ1) is 13.2. The van der Waals surface area contributed by atoms with Gasteiger partial charge in [-0.05, 0) is 61.5 Å². The summed E-state index contributed by atoms with van der Waals surface area (Å²) < 4.78 is 18.8. The molecule has 0 bridgehead atoms. The summed E-state index contributed by atoms with van der Waals surface area (Å²) in [6.45, 7) is 3.24. The average Bonchev–Trinajstić information content (AvgIpc) is 2.89. The molecule has 3 amide bonds. The Morgan fingerprint density at radius 1 is 1.21 bits per heavy atom. The van der Waals surface area contributed by atoms with Crippen LogP contribution in [0.4, 0.5) is 14.9 Å². The number of nitrogens with zero attached hydrogens (tertiary/aromatic N) is 1. The van der Waals surface area contributed by atoms with Gasteiger partial charge in [0.25, 0.3) is 5.91 Å². The number of halogens is 1. The molecule has 1 aliphatic rings. The molecule has 1 atom stereocenters. The lowest BCUT2D eigenvalue weighted by Gasteiger charge is -2.23.